The van der Waals surface area contributed by atoms with E-state index in [0.717, 1.165) is 0 Å². The number of ether oxygens (including phenoxy) is 1. The lowest BCUT2D eigenvalue weighted by molar-refractivity contribution is 0.102. The second-order valence-electron chi connectivity index (χ2n) is 2.88. The Bertz CT molecular complexity index is 220. The summed E-state index contributed by atoms with van der Waals surface area (Å²) in [5.74, 6) is 0.296. The number of sulfone groups is 1. The molecule has 2 atom stereocenters. The zero-order valence-corrected chi connectivity index (χ0v) is 7.73. The van der Waals surface area contributed by atoms with E-state index in [1.807, 2.05) is 6.92 Å². The fourth-order valence-corrected chi connectivity index (χ4v) is 3.72. The largest absolute Gasteiger partial charge is 0.380 e. The zero-order valence-electron chi connectivity index (χ0n) is 6.91. The highest BCUT2D eigenvalue weighted by atomic mass is 32.2. The maximum atomic E-state index is 11.3. The van der Waals surface area contributed by atoms with Gasteiger partial charge in [-0.05, 0) is 12.8 Å². The van der Waals surface area contributed by atoms with Gasteiger partial charge >= 0.3 is 0 Å². The predicted molar refractivity (Wildman–Crippen MR) is 43.3 cm³/mol. The fraction of sp³-hybridized carbons (Fsp3) is 1.00. The molecule has 0 aromatic rings. The number of hydrogen-bond acceptors (Lipinski definition) is 3. The van der Waals surface area contributed by atoms with Crippen molar-refractivity contribution in [3.8, 4) is 0 Å². The van der Waals surface area contributed by atoms with Gasteiger partial charge in [0.05, 0.1) is 17.1 Å². The summed E-state index contributed by atoms with van der Waals surface area (Å²) in [6.07, 6.45) is 1.27. The van der Waals surface area contributed by atoms with Crippen molar-refractivity contribution in [3.63, 3.8) is 0 Å². The van der Waals surface area contributed by atoms with Crippen molar-refractivity contribution in [2.24, 2.45) is 0 Å². The Morgan fingerprint density at radius 3 is 2.55 bits per heavy atom. The molecule has 0 aromatic carbocycles. The average molecular weight is 178 g/mol. The highest BCUT2D eigenvalue weighted by Crippen LogP contribution is 2.25. The number of methoxy groups -OCH3 is 1. The zero-order chi connectivity index (χ0) is 8.48. The first-order valence-corrected chi connectivity index (χ1v) is 5.57. The molecule has 0 amide bonds. The Labute approximate surface area is 67.7 Å². The summed E-state index contributed by atoms with van der Waals surface area (Å²) >= 11 is 0. The number of rotatable bonds is 2. The highest BCUT2D eigenvalue weighted by Gasteiger charge is 2.38. The van der Waals surface area contributed by atoms with Crippen molar-refractivity contribution in [1.82, 2.24) is 0 Å². The predicted octanol–water partition coefficient (Wildman–Crippen LogP) is 0.599. The van der Waals surface area contributed by atoms with Crippen molar-refractivity contribution in [1.29, 1.82) is 0 Å². The lowest BCUT2D eigenvalue weighted by Gasteiger charge is -2.14. The van der Waals surface area contributed by atoms with Crippen LogP contribution in [0, 0.1) is 0 Å². The third-order valence-corrected chi connectivity index (χ3v) is 4.63. The molecule has 0 spiro atoms. The molecular weight excluding hydrogens is 164 g/mol. The monoisotopic (exact) mass is 178 g/mol. The summed E-state index contributed by atoms with van der Waals surface area (Å²) in [4.78, 5) is 0. The molecule has 1 saturated heterocycles. The van der Waals surface area contributed by atoms with Gasteiger partial charge in [0, 0.05) is 7.11 Å². The third kappa shape index (κ3) is 1.56. The number of hydrogen-bond donors (Lipinski definition) is 0. The fourth-order valence-electron chi connectivity index (χ4n) is 1.64. The molecule has 1 heterocycles. The summed E-state index contributed by atoms with van der Waals surface area (Å²) in [5, 5.41) is -0.257. The van der Waals surface area contributed by atoms with E-state index < -0.39 is 9.84 Å². The van der Waals surface area contributed by atoms with Crippen LogP contribution in [0.25, 0.3) is 0 Å². The minimum atomic E-state index is -2.82. The topological polar surface area (TPSA) is 43.4 Å². The van der Waals surface area contributed by atoms with E-state index in [1.54, 1.807) is 7.11 Å². The Kier molecular flexibility index (Phi) is 2.54. The van der Waals surface area contributed by atoms with Crippen molar-refractivity contribution in [2.75, 3.05) is 12.9 Å². The van der Waals surface area contributed by atoms with Gasteiger partial charge in [0.25, 0.3) is 0 Å². The molecule has 1 aliphatic heterocycles. The van der Waals surface area contributed by atoms with Gasteiger partial charge in [0.2, 0.25) is 0 Å². The summed E-state index contributed by atoms with van der Waals surface area (Å²) in [6.45, 7) is 1.89. The summed E-state index contributed by atoms with van der Waals surface area (Å²) in [6, 6.07) is 0. The minimum Gasteiger partial charge on any atom is -0.380 e. The van der Waals surface area contributed by atoms with Crippen LogP contribution in [0.5, 0.6) is 0 Å². The van der Waals surface area contributed by atoms with Crippen LogP contribution in [-0.2, 0) is 14.6 Å². The first kappa shape index (κ1) is 9.00. The molecule has 11 heavy (non-hydrogen) atoms. The minimum absolute atomic E-state index is 0.0648. The SMILES string of the molecule is CC[C@H]1[C@@H](OC)CCS1(=O)=O. The lowest BCUT2D eigenvalue weighted by Crippen LogP contribution is -2.26. The second-order valence-corrected chi connectivity index (χ2v) is 5.22. The first-order chi connectivity index (χ1) is 5.11. The van der Waals surface area contributed by atoms with E-state index in [2.05, 4.69) is 0 Å². The van der Waals surface area contributed by atoms with Gasteiger partial charge in [-0.1, -0.05) is 6.92 Å². The Morgan fingerprint density at radius 1 is 1.55 bits per heavy atom. The molecule has 1 aliphatic rings. The van der Waals surface area contributed by atoms with Crippen molar-refractivity contribution in [3.05, 3.63) is 0 Å². The molecule has 0 unspecified atom stereocenters. The smallest absolute Gasteiger partial charge is 0.155 e. The van der Waals surface area contributed by atoms with E-state index in [0.29, 0.717) is 18.6 Å². The van der Waals surface area contributed by atoms with E-state index >= 15 is 0 Å². The maximum absolute atomic E-state index is 11.3. The normalized spacial score (nSPS) is 35.8. The Hall–Kier alpha value is -0.0900. The Balaban J connectivity index is 2.80. The molecule has 3 nitrogen and oxygen atoms in total. The van der Waals surface area contributed by atoms with Crippen LogP contribution in [0.2, 0.25) is 0 Å². The van der Waals surface area contributed by atoms with E-state index in [1.165, 1.54) is 0 Å². The highest BCUT2D eigenvalue weighted by molar-refractivity contribution is 7.92. The van der Waals surface area contributed by atoms with Crippen molar-refractivity contribution >= 4 is 9.84 Å². The molecule has 1 fully saturated rings. The van der Waals surface area contributed by atoms with Gasteiger partial charge < -0.3 is 4.74 Å². The first-order valence-electron chi connectivity index (χ1n) is 3.86. The van der Waals surface area contributed by atoms with Crippen LogP contribution in [0.3, 0.4) is 0 Å². The summed E-state index contributed by atoms with van der Waals surface area (Å²) in [7, 11) is -1.25. The quantitative estimate of drug-likeness (QED) is 0.622. The van der Waals surface area contributed by atoms with Gasteiger partial charge in [-0.25, -0.2) is 8.42 Å². The third-order valence-electron chi connectivity index (χ3n) is 2.27. The van der Waals surface area contributed by atoms with Crippen LogP contribution < -0.4 is 0 Å². The van der Waals surface area contributed by atoms with E-state index in [9.17, 15) is 8.42 Å². The lowest BCUT2D eigenvalue weighted by atomic mass is 10.2. The molecule has 1 rings (SSSR count). The van der Waals surface area contributed by atoms with Crippen molar-refractivity contribution < 1.29 is 13.2 Å². The molecule has 0 bridgehead atoms. The standard InChI is InChI=1S/C7H14O3S/c1-3-7-6(10-2)4-5-11(7,8)9/h6-7H,3-5H2,1-2H3/t6-,7-/m0/s1. The average Bonchev–Trinajstić information content (AvgIpc) is 2.24. The van der Waals surface area contributed by atoms with Gasteiger partial charge in [0.15, 0.2) is 9.84 Å². The maximum Gasteiger partial charge on any atom is 0.155 e. The van der Waals surface area contributed by atoms with Crippen LogP contribution in [-0.4, -0.2) is 32.6 Å². The summed E-state index contributed by atoms with van der Waals surface area (Å²) < 4.78 is 27.6. The molecule has 0 saturated carbocycles. The van der Waals surface area contributed by atoms with E-state index in [-0.39, 0.29) is 11.4 Å². The van der Waals surface area contributed by atoms with Gasteiger partial charge in [-0.3, -0.25) is 0 Å². The van der Waals surface area contributed by atoms with E-state index in [4.69, 9.17) is 4.74 Å². The van der Waals surface area contributed by atoms with Gasteiger partial charge in [-0.2, -0.15) is 0 Å². The molecule has 66 valence electrons. The second kappa shape index (κ2) is 3.11. The molecule has 0 N–H and O–H groups in total. The molecule has 4 heteroatoms. The van der Waals surface area contributed by atoms with Crippen LogP contribution in [0.15, 0.2) is 0 Å². The van der Waals surface area contributed by atoms with Gasteiger partial charge in [-0.15, -0.1) is 0 Å². The van der Waals surface area contributed by atoms with Crippen LogP contribution >= 0.6 is 0 Å². The summed E-state index contributed by atoms with van der Waals surface area (Å²) in [5.41, 5.74) is 0. The van der Waals surface area contributed by atoms with Gasteiger partial charge in [0.1, 0.15) is 0 Å². The molecule has 0 radical (unpaired) electrons. The molecular formula is C7H14O3S. The van der Waals surface area contributed by atoms with Crippen LogP contribution in [0.1, 0.15) is 19.8 Å². The van der Waals surface area contributed by atoms with Crippen LogP contribution in [0.4, 0.5) is 0 Å². The molecule has 0 aromatic heterocycles. The Morgan fingerprint density at radius 2 is 2.18 bits per heavy atom. The van der Waals surface area contributed by atoms with Crippen molar-refractivity contribution in [2.45, 2.75) is 31.1 Å². The molecule has 0 aliphatic carbocycles.